The molecule has 11 heavy (non-hydrogen) atoms. The molecule has 0 radical (unpaired) electrons. The zero-order valence-electron chi connectivity index (χ0n) is 7.13. The van der Waals surface area contributed by atoms with E-state index in [9.17, 15) is 0 Å². The molecule has 0 saturated carbocycles. The molecule has 0 aromatic heterocycles. The fourth-order valence-electron chi connectivity index (χ4n) is 2.74. The third kappa shape index (κ3) is 1.30. The number of nitrogens with two attached hydrogens (primary N) is 1. The van der Waals surface area contributed by atoms with Crippen molar-refractivity contribution in [2.45, 2.75) is 31.7 Å². The minimum absolute atomic E-state index is 0.884. The molecule has 2 nitrogen and oxygen atoms in total. The molecule has 2 N–H and O–H groups in total. The third-order valence-electron chi connectivity index (χ3n) is 3.28. The summed E-state index contributed by atoms with van der Waals surface area (Å²) >= 11 is 0. The van der Waals surface area contributed by atoms with E-state index in [0.29, 0.717) is 0 Å². The van der Waals surface area contributed by atoms with E-state index in [1.54, 1.807) is 0 Å². The van der Waals surface area contributed by atoms with Crippen molar-refractivity contribution in [3.8, 4) is 0 Å². The fourth-order valence-corrected chi connectivity index (χ4v) is 2.74. The molecule has 2 atom stereocenters. The van der Waals surface area contributed by atoms with E-state index in [-0.39, 0.29) is 0 Å². The highest BCUT2D eigenvalue weighted by Gasteiger charge is 2.36. The normalized spacial score (nSPS) is 37.9. The Kier molecular flexibility index (Phi) is 2.14. The highest BCUT2D eigenvalue weighted by molar-refractivity contribution is 4.91. The summed E-state index contributed by atoms with van der Waals surface area (Å²) in [6.45, 7) is 3.58. The van der Waals surface area contributed by atoms with Crippen LogP contribution in [0.5, 0.6) is 0 Å². The molecule has 2 saturated heterocycles. The Bertz CT molecular complexity index is 134. The van der Waals surface area contributed by atoms with Gasteiger partial charge in [0.1, 0.15) is 0 Å². The van der Waals surface area contributed by atoms with Crippen LogP contribution in [0.4, 0.5) is 0 Å². The minimum Gasteiger partial charge on any atom is -0.330 e. The lowest BCUT2D eigenvalue weighted by Gasteiger charge is -2.19. The van der Waals surface area contributed by atoms with Crippen LogP contribution in [-0.4, -0.2) is 30.6 Å². The standard InChI is InChI=1S/C9H18N2/c10-5-3-8-4-7-11-6-1-2-9(8)11/h8-9H,1-7,10H2. The monoisotopic (exact) mass is 154 g/mol. The largest absolute Gasteiger partial charge is 0.330 e. The molecule has 64 valence electrons. The summed E-state index contributed by atoms with van der Waals surface area (Å²) < 4.78 is 0. The van der Waals surface area contributed by atoms with Crippen LogP contribution < -0.4 is 5.73 Å². The molecule has 2 fully saturated rings. The summed E-state index contributed by atoms with van der Waals surface area (Å²) in [5.41, 5.74) is 5.57. The molecule has 2 heteroatoms. The van der Waals surface area contributed by atoms with Gasteiger partial charge in [-0.15, -0.1) is 0 Å². The average Bonchev–Trinajstić information content (AvgIpc) is 2.53. The number of fused-ring (bicyclic) bond motifs is 1. The molecule has 0 bridgehead atoms. The van der Waals surface area contributed by atoms with Crippen LogP contribution >= 0.6 is 0 Å². The number of nitrogens with zero attached hydrogens (tertiary/aromatic N) is 1. The van der Waals surface area contributed by atoms with E-state index >= 15 is 0 Å². The van der Waals surface area contributed by atoms with Gasteiger partial charge in [-0.1, -0.05) is 0 Å². The van der Waals surface area contributed by atoms with Gasteiger partial charge in [-0.2, -0.15) is 0 Å². The van der Waals surface area contributed by atoms with Crippen LogP contribution in [0.2, 0.25) is 0 Å². The van der Waals surface area contributed by atoms with Gasteiger partial charge in [0, 0.05) is 6.04 Å². The van der Waals surface area contributed by atoms with Gasteiger partial charge < -0.3 is 10.6 Å². The van der Waals surface area contributed by atoms with Gasteiger partial charge in [0.25, 0.3) is 0 Å². The van der Waals surface area contributed by atoms with Gasteiger partial charge in [0.15, 0.2) is 0 Å². The molecular formula is C9H18N2. The Balaban J connectivity index is 1.92. The van der Waals surface area contributed by atoms with E-state index < -0.39 is 0 Å². The topological polar surface area (TPSA) is 29.3 Å². The zero-order valence-corrected chi connectivity index (χ0v) is 7.13. The second kappa shape index (κ2) is 3.11. The lowest BCUT2D eigenvalue weighted by Crippen LogP contribution is -2.26. The van der Waals surface area contributed by atoms with E-state index in [2.05, 4.69) is 4.90 Å². The van der Waals surface area contributed by atoms with Crippen molar-refractivity contribution >= 4 is 0 Å². The summed E-state index contributed by atoms with van der Waals surface area (Å²) in [5, 5.41) is 0. The predicted molar refractivity (Wildman–Crippen MR) is 46.4 cm³/mol. The molecular weight excluding hydrogens is 136 g/mol. The first kappa shape index (κ1) is 7.56. The number of rotatable bonds is 2. The van der Waals surface area contributed by atoms with E-state index in [1.807, 2.05) is 0 Å². The molecule has 2 unspecified atom stereocenters. The lowest BCUT2D eigenvalue weighted by atomic mass is 9.95. The zero-order chi connectivity index (χ0) is 7.68. The summed E-state index contributed by atoms with van der Waals surface area (Å²) in [5.74, 6) is 0.933. The van der Waals surface area contributed by atoms with Crippen LogP contribution in [0.1, 0.15) is 25.7 Å². The molecule has 2 heterocycles. The van der Waals surface area contributed by atoms with Crippen LogP contribution in [0.25, 0.3) is 0 Å². The Labute approximate surface area is 68.7 Å². The molecule has 2 aliphatic heterocycles. The number of hydrogen-bond acceptors (Lipinski definition) is 2. The van der Waals surface area contributed by atoms with Gasteiger partial charge in [-0.25, -0.2) is 0 Å². The minimum atomic E-state index is 0.884. The van der Waals surface area contributed by atoms with Crippen molar-refractivity contribution in [3.63, 3.8) is 0 Å². The fraction of sp³-hybridized carbons (Fsp3) is 1.00. The van der Waals surface area contributed by atoms with Crippen LogP contribution in [0.3, 0.4) is 0 Å². The number of hydrogen-bond donors (Lipinski definition) is 1. The quantitative estimate of drug-likeness (QED) is 0.638. The van der Waals surface area contributed by atoms with Crippen LogP contribution in [0, 0.1) is 5.92 Å². The molecule has 2 aliphatic rings. The summed E-state index contributed by atoms with van der Waals surface area (Å²) in [4.78, 5) is 2.65. The first-order chi connectivity index (χ1) is 5.42. The Morgan fingerprint density at radius 2 is 2.18 bits per heavy atom. The van der Waals surface area contributed by atoms with Crippen molar-refractivity contribution in [2.24, 2.45) is 11.7 Å². The maximum atomic E-state index is 5.57. The molecule has 0 aromatic rings. The Morgan fingerprint density at radius 1 is 1.27 bits per heavy atom. The van der Waals surface area contributed by atoms with E-state index in [1.165, 1.54) is 38.8 Å². The molecule has 0 aliphatic carbocycles. The highest BCUT2D eigenvalue weighted by atomic mass is 15.2. The van der Waals surface area contributed by atoms with Crippen molar-refractivity contribution in [1.82, 2.24) is 4.90 Å². The maximum absolute atomic E-state index is 5.57. The second-order valence-corrected chi connectivity index (χ2v) is 3.87. The molecule has 0 aromatic carbocycles. The Morgan fingerprint density at radius 3 is 3.00 bits per heavy atom. The second-order valence-electron chi connectivity index (χ2n) is 3.87. The van der Waals surface area contributed by atoms with Gasteiger partial charge in [-0.05, 0) is 51.2 Å². The first-order valence-corrected chi connectivity index (χ1v) is 4.86. The molecule has 2 rings (SSSR count). The van der Waals surface area contributed by atoms with Crippen molar-refractivity contribution in [2.75, 3.05) is 19.6 Å². The van der Waals surface area contributed by atoms with Gasteiger partial charge >= 0.3 is 0 Å². The summed E-state index contributed by atoms with van der Waals surface area (Å²) in [7, 11) is 0. The predicted octanol–water partition coefficient (Wildman–Crippen LogP) is 0.819. The van der Waals surface area contributed by atoms with Crippen LogP contribution in [-0.2, 0) is 0 Å². The highest BCUT2D eigenvalue weighted by Crippen LogP contribution is 2.33. The third-order valence-corrected chi connectivity index (χ3v) is 3.28. The van der Waals surface area contributed by atoms with Crippen LogP contribution in [0.15, 0.2) is 0 Å². The summed E-state index contributed by atoms with van der Waals surface area (Å²) in [6.07, 6.45) is 5.51. The van der Waals surface area contributed by atoms with Crippen molar-refractivity contribution in [3.05, 3.63) is 0 Å². The smallest absolute Gasteiger partial charge is 0.0125 e. The van der Waals surface area contributed by atoms with E-state index in [4.69, 9.17) is 5.73 Å². The van der Waals surface area contributed by atoms with Gasteiger partial charge in [-0.3, -0.25) is 0 Å². The first-order valence-electron chi connectivity index (χ1n) is 4.86. The van der Waals surface area contributed by atoms with Gasteiger partial charge in [0.05, 0.1) is 0 Å². The SMILES string of the molecule is NCCC1CCN2CCCC12. The van der Waals surface area contributed by atoms with Crippen molar-refractivity contribution in [1.29, 1.82) is 0 Å². The maximum Gasteiger partial charge on any atom is 0.0125 e. The molecule has 0 spiro atoms. The Hall–Kier alpha value is -0.0800. The van der Waals surface area contributed by atoms with Gasteiger partial charge in [0.2, 0.25) is 0 Å². The van der Waals surface area contributed by atoms with Crippen molar-refractivity contribution < 1.29 is 0 Å². The lowest BCUT2D eigenvalue weighted by molar-refractivity contribution is 0.285. The van der Waals surface area contributed by atoms with E-state index in [0.717, 1.165) is 18.5 Å². The summed E-state index contributed by atoms with van der Waals surface area (Å²) in [6, 6.07) is 0.915. The molecule has 0 amide bonds. The average molecular weight is 154 g/mol.